The number of rotatable bonds is 9. The first-order valence-corrected chi connectivity index (χ1v) is 9.52. The molecule has 1 aromatic rings. The van der Waals surface area contributed by atoms with Crippen molar-refractivity contribution >= 4 is 10.0 Å². The molecule has 0 spiro atoms. The van der Waals surface area contributed by atoms with Crippen molar-refractivity contribution < 1.29 is 22.6 Å². The van der Waals surface area contributed by atoms with Crippen molar-refractivity contribution in [3.05, 3.63) is 29.8 Å². The summed E-state index contributed by atoms with van der Waals surface area (Å²) in [7, 11) is -3.48. The minimum atomic E-state index is -3.48. The van der Waals surface area contributed by atoms with Crippen molar-refractivity contribution in [1.29, 1.82) is 0 Å². The van der Waals surface area contributed by atoms with Gasteiger partial charge in [-0.25, -0.2) is 8.42 Å². The molecule has 1 aromatic carbocycles. The Balaban J connectivity index is 1.47. The first-order valence-electron chi connectivity index (χ1n) is 8.08. The third kappa shape index (κ3) is 3.92. The Morgan fingerprint density at radius 1 is 0.913 bits per heavy atom. The summed E-state index contributed by atoms with van der Waals surface area (Å²) in [6.45, 7) is 3.20. The fourth-order valence-corrected chi connectivity index (χ4v) is 4.11. The van der Waals surface area contributed by atoms with E-state index in [9.17, 15) is 8.42 Å². The fraction of sp³-hybridized carbons (Fsp3) is 0.625. The smallest absolute Gasteiger partial charge is 0.243 e. The Morgan fingerprint density at radius 3 is 1.87 bits per heavy atom. The predicted octanol–water partition coefficient (Wildman–Crippen LogP) is 1.33. The third-order valence-electron chi connectivity index (χ3n) is 4.43. The molecule has 3 atom stereocenters. The molecule has 0 radical (unpaired) electrons. The van der Waals surface area contributed by atoms with Gasteiger partial charge in [0.1, 0.15) is 6.10 Å². The van der Waals surface area contributed by atoms with Gasteiger partial charge in [-0.15, -0.1) is 0 Å². The summed E-state index contributed by atoms with van der Waals surface area (Å²) < 4.78 is 43.0. The van der Waals surface area contributed by atoms with Gasteiger partial charge in [0.15, 0.2) is 0 Å². The quantitative estimate of drug-likeness (QED) is 0.635. The molecule has 0 aromatic heterocycles. The summed E-state index contributed by atoms with van der Waals surface area (Å²) in [4.78, 5) is 0.343. The van der Waals surface area contributed by atoms with E-state index in [1.807, 2.05) is 12.1 Å². The molecule has 0 N–H and O–H groups in total. The van der Waals surface area contributed by atoms with Gasteiger partial charge in [0.05, 0.1) is 36.9 Å². The maximum Gasteiger partial charge on any atom is 0.243 e. The van der Waals surface area contributed by atoms with Gasteiger partial charge in [-0.05, 0) is 30.5 Å². The van der Waals surface area contributed by atoms with Crippen molar-refractivity contribution in [2.24, 2.45) is 0 Å². The van der Waals surface area contributed by atoms with Gasteiger partial charge >= 0.3 is 0 Å². The minimum absolute atomic E-state index is 0.141. The Morgan fingerprint density at radius 2 is 1.43 bits per heavy atom. The maximum atomic E-state index is 12.9. The molecule has 0 bridgehead atoms. The number of epoxide rings is 3. The largest absolute Gasteiger partial charge is 0.373 e. The van der Waals surface area contributed by atoms with Crippen LogP contribution in [0.4, 0.5) is 0 Å². The lowest BCUT2D eigenvalue weighted by Crippen LogP contribution is -2.34. The molecule has 7 heteroatoms. The van der Waals surface area contributed by atoms with Crippen LogP contribution >= 0.6 is 0 Å². The van der Waals surface area contributed by atoms with Crippen LogP contribution in [-0.2, 0) is 24.2 Å². The zero-order chi connectivity index (χ0) is 15.9. The SMILES string of the molecule is O=S(=O)(c1ccc(C2CO2)cc1)N(CCC1CO1)CCC1CO1. The van der Waals surface area contributed by atoms with Crippen LogP contribution in [0.1, 0.15) is 24.5 Å². The zero-order valence-electron chi connectivity index (χ0n) is 12.9. The highest BCUT2D eigenvalue weighted by molar-refractivity contribution is 7.89. The van der Waals surface area contributed by atoms with Crippen LogP contribution < -0.4 is 0 Å². The first-order chi connectivity index (χ1) is 11.1. The van der Waals surface area contributed by atoms with Crippen LogP contribution in [0.2, 0.25) is 0 Å². The number of nitrogens with zero attached hydrogens (tertiary/aromatic N) is 1. The lowest BCUT2D eigenvalue weighted by molar-refractivity contribution is 0.329. The van der Waals surface area contributed by atoms with Crippen LogP contribution in [0.3, 0.4) is 0 Å². The van der Waals surface area contributed by atoms with Crippen LogP contribution in [-0.4, -0.2) is 57.8 Å². The molecular weight excluding hydrogens is 318 g/mol. The van der Waals surface area contributed by atoms with E-state index in [4.69, 9.17) is 14.2 Å². The van der Waals surface area contributed by atoms with Crippen molar-refractivity contribution in [2.45, 2.75) is 36.0 Å². The average Bonchev–Trinajstić information content (AvgIpc) is 3.39. The second kappa shape index (κ2) is 6.14. The Labute approximate surface area is 136 Å². The fourth-order valence-electron chi connectivity index (χ4n) is 2.64. The van der Waals surface area contributed by atoms with Crippen LogP contribution in [0.15, 0.2) is 29.2 Å². The first kappa shape index (κ1) is 15.5. The average molecular weight is 339 g/mol. The number of benzene rings is 1. The summed E-state index contributed by atoms with van der Waals surface area (Å²) in [6, 6.07) is 7.05. The lowest BCUT2D eigenvalue weighted by Gasteiger charge is -2.21. The summed E-state index contributed by atoms with van der Waals surface area (Å²) in [5, 5.41) is 0. The molecule has 0 aliphatic carbocycles. The second-order valence-electron chi connectivity index (χ2n) is 6.28. The third-order valence-corrected chi connectivity index (χ3v) is 6.34. The van der Waals surface area contributed by atoms with E-state index in [2.05, 4.69) is 0 Å². The van der Waals surface area contributed by atoms with E-state index in [0.717, 1.165) is 38.2 Å². The number of sulfonamides is 1. The molecule has 6 nitrogen and oxygen atoms in total. The van der Waals surface area contributed by atoms with Crippen molar-refractivity contribution in [1.82, 2.24) is 4.31 Å². The van der Waals surface area contributed by atoms with Crippen molar-refractivity contribution in [3.8, 4) is 0 Å². The van der Waals surface area contributed by atoms with E-state index in [1.165, 1.54) is 0 Å². The number of hydrogen-bond donors (Lipinski definition) is 0. The van der Waals surface area contributed by atoms with Gasteiger partial charge in [0.2, 0.25) is 10.0 Å². The molecule has 3 heterocycles. The zero-order valence-corrected chi connectivity index (χ0v) is 13.7. The van der Waals surface area contributed by atoms with Crippen molar-refractivity contribution in [2.75, 3.05) is 32.9 Å². The van der Waals surface area contributed by atoms with Crippen LogP contribution in [0.5, 0.6) is 0 Å². The van der Waals surface area contributed by atoms with Gasteiger partial charge in [0, 0.05) is 13.1 Å². The molecule has 3 saturated heterocycles. The monoisotopic (exact) mass is 339 g/mol. The van der Waals surface area contributed by atoms with E-state index in [0.29, 0.717) is 18.0 Å². The lowest BCUT2D eigenvalue weighted by atomic mass is 10.2. The number of hydrogen-bond acceptors (Lipinski definition) is 5. The molecule has 3 aliphatic heterocycles. The van der Waals surface area contributed by atoms with Crippen LogP contribution in [0.25, 0.3) is 0 Å². The normalized spacial score (nSPS) is 28.8. The van der Waals surface area contributed by atoms with Gasteiger partial charge < -0.3 is 14.2 Å². The van der Waals surface area contributed by atoms with E-state index in [1.54, 1.807) is 16.4 Å². The maximum absolute atomic E-state index is 12.9. The summed E-state index contributed by atoms with van der Waals surface area (Å²) in [5.41, 5.74) is 1.04. The molecule has 3 unspecified atom stereocenters. The minimum Gasteiger partial charge on any atom is -0.373 e. The molecule has 3 fully saturated rings. The van der Waals surface area contributed by atoms with E-state index < -0.39 is 10.0 Å². The van der Waals surface area contributed by atoms with Gasteiger partial charge in [-0.3, -0.25) is 0 Å². The standard InChI is InChI=1S/C16H21NO5S/c18-23(19,15-3-1-12(2-4-15)16-11-22-16)17(7-5-13-9-20-13)8-6-14-10-21-14/h1-4,13-14,16H,5-11H2. The molecule has 0 amide bonds. The molecule has 23 heavy (non-hydrogen) atoms. The highest BCUT2D eigenvalue weighted by Gasteiger charge is 2.32. The highest BCUT2D eigenvalue weighted by Crippen LogP contribution is 2.31. The van der Waals surface area contributed by atoms with Crippen LogP contribution in [0, 0.1) is 0 Å². The summed E-state index contributed by atoms with van der Waals surface area (Å²) in [5.74, 6) is 0. The summed E-state index contributed by atoms with van der Waals surface area (Å²) in [6.07, 6.45) is 2.08. The number of ether oxygens (including phenoxy) is 3. The second-order valence-corrected chi connectivity index (χ2v) is 8.22. The van der Waals surface area contributed by atoms with E-state index >= 15 is 0 Å². The predicted molar refractivity (Wildman–Crippen MR) is 82.6 cm³/mol. The van der Waals surface area contributed by atoms with Gasteiger partial charge in [-0.1, -0.05) is 12.1 Å². The Kier molecular flexibility index (Phi) is 4.15. The molecule has 0 saturated carbocycles. The molecule has 4 rings (SSSR count). The summed E-state index contributed by atoms with van der Waals surface area (Å²) >= 11 is 0. The van der Waals surface area contributed by atoms with Gasteiger partial charge in [-0.2, -0.15) is 4.31 Å². The Hall–Kier alpha value is -0.990. The van der Waals surface area contributed by atoms with Gasteiger partial charge in [0.25, 0.3) is 0 Å². The topological polar surface area (TPSA) is 75.0 Å². The van der Waals surface area contributed by atoms with E-state index in [-0.39, 0.29) is 18.3 Å². The highest BCUT2D eigenvalue weighted by atomic mass is 32.2. The molecule has 126 valence electrons. The Bertz CT molecular complexity index is 632. The molecular formula is C16H21NO5S. The van der Waals surface area contributed by atoms with Crippen molar-refractivity contribution in [3.63, 3.8) is 0 Å². The molecule has 3 aliphatic rings.